The van der Waals surface area contributed by atoms with Gasteiger partial charge in [-0.3, -0.25) is 0 Å². The molecule has 4 nitrogen and oxygen atoms in total. The summed E-state index contributed by atoms with van der Waals surface area (Å²) in [6.07, 6.45) is 1.88. The molecule has 0 saturated heterocycles. The van der Waals surface area contributed by atoms with Gasteiger partial charge in [0.25, 0.3) is 0 Å². The Hall–Kier alpha value is -1.33. The zero-order valence-electron chi connectivity index (χ0n) is 11.2. The van der Waals surface area contributed by atoms with Crippen LogP contribution in [0.15, 0.2) is 17.1 Å². The van der Waals surface area contributed by atoms with Crippen molar-refractivity contribution in [1.82, 2.24) is 20.3 Å². The maximum Gasteiger partial charge on any atom is 0.179 e. The van der Waals surface area contributed by atoms with Gasteiger partial charge in [-0.05, 0) is 27.7 Å². The van der Waals surface area contributed by atoms with Crippen LogP contribution >= 0.6 is 11.3 Å². The minimum atomic E-state index is 0.0972. The van der Waals surface area contributed by atoms with Crippen molar-refractivity contribution in [2.75, 3.05) is 0 Å². The standard InChI is InChI=1S/C13H18N4S/c1-9-10(6-16-13(2,3)4)5-14-12(17-9)11-7-18-8-15-11/h5,7-8,16H,6H2,1-4H3. The van der Waals surface area contributed by atoms with Crippen molar-refractivity contribution in [3.63, 3.8) is 0 Å². The number of nitrogens with zero attached hydrogens (tertiary/aromatic N) is 3. The highest BCUT2D eigenvalue weighted by Crippen LogP contribution is 2.16. The second-order valence-electron chi connectivity index (χ2n) is 5.28. The largest absolute Gasteiger partial charge is 0.308 e. The number of nitrogens with one attached hydrogen (secondary N) is 1. The first-order chi connectivity index (χ1) is 8.46. The Morgan fingerprint density at radius 2 is 2.06 bits per heavy atom. The molecule has 18 heavy (non-hydrogen) atoms. The van der Waals surface area contributed by atoms with E-state index in [0.717, 1.165) is 23.5 Å². The molecule has 0 aliphatic heterocycles. The Labute approximate surface area is 112 Å². The second kappa shape index (κ2) is 5.12. The van der Waals surface area contributed by atoms with E-state index in [1.807, 2.05) is 18.5 Å². The Kier molecular flexibility index (Phi) is 3.73. The predicted molar refractivity (Wildman–Crippen MR) is 74.5 cm³/mol. The molecule has 2 aromatic heterocycles. The number of rotatable bonds is 3. The van der Waals surface area contributed by atoms with Gasteiger partial charge in [-0.1, -0.05) is 0 Å². The molecule has 0 unspecified atom stereocenters. The maximum absolute atomic E-state index is 4.51. The third-order valence-corrected chi connectivity index (χ3v) is 3.14. The average Bonchev–Trinajstić information content (AvgIpc) is 2.79. The second-order valence-corrected chi connectivity index (χ2v) is 6.00. The smallest absolute Gasteiger partial charge is 0.179 e. The van der Waals surface area contributed by atoms with E-state index in [4.69, 9.17) is 0 Å². The van der Waals surface area contributed by atoms with Crippen molar-refractivity contribution in [3.8, 4) is 11.5 Å². The van der Waals surface area contributed by atoms with E-state index in [1.54, 1.807) is 16.8 Å². The zero-order valence-corrected chi connectivity index (χ0v) is 12.0. The fraction of sp³-hybridized carbons (Fsp3) is 0.462. The summed E-state index contributed by atoms with van der Waals surface area (Å²) in [6, 6.07) is 0. The van der Waals surface area contributed by atoms with Gasteiger partial charge in [0.15, 0.2) is 5.82 Å². The summed E-state index contributed by atoms with van der Waals surface area (Å²) in [5.74, 6) is 0.702. The van der Waals surface area contributed by atoms with E-state index >= 15 is 0 Å². The summed E-state index contributed by atoms with van der Waals surface area (Å²) < 4.78 is 0. The highest BCUT2D eigenvalue weighted by atomic mass is 32.1. The van der Waals surface area contributed by atoms with Crippen LogP contribution in [-0.4, -0.2) is 20.5 Å². The third-order valence-electron chi connectivity index (χ3n) is 2.55. The average molecular weight is 262 g/mol. The Morgan fingerprint density at radius 1 is 1.28 bits per heavy atom. The van der Waals surface area contributed by atoms with Gasteiger partial charge in [0.05, 0.1) is 5.51 Å². The van der Waals surface area contributed by atoms with Gasteiger partial charge < -0.3 is 5.32 Å². The Balaban J connectivity index is 2.16. The summed E-state index contributed by atoms with van der Waals surface area (Å²) in [5, 5.41) is 5.40. The van der Waals surface area contributed by atoms with Crippen molar-refractivity contribution in [3.05, 3.63) is 28.3 Å². The fourth-order valence-corrected chi connectivity index (χ4v) is 2.00. The molecule has 2 aromatic rings. The lowest BCUT2D eigenvalue weighted by atomic mass is 10.1. The van der Waals surface area contributed by atoms with E-state index in [2.05, 4.69) is 41.0 Å². The van der Waals surface area contributed by atoms with E-state index < -0.39 is 0 Å². The normalized spacial score (nSPS) is 11.8. The monoisotopic (exact) mass is 262 g/mol. The molecule has 0 saturated carbocycles. The highest BCUT2D eigenvalue weighted by Gasteiger charge is 2.11. The lowest BCUT2D eigenvalue weighted by Crippen LogP contribution is -2.35. The van der Waals surface area contributed by atoms with Crippen molar-refractivity contribution >= 4 is 11.3 Å². The molecular weight excluding hydrogens is 244 g/mol. The topological polar surface area (TPSA) is 50.7 Å². The van der Waals surface area contributed by atoms with Crippen molar-refractivity contribution in [2.45, 2.75) is 39.8 Å². The molecule has 5 heteroatoms. The molecule has 0 amide bonds. The number of hydrogen-bond acceptors (Lipinski definition) is 5. The van der Waals surface area contributed by atoms with Crippen LogP contribution in [-0.2, 0) is 6.54 Å². The molecule has 0 spiro atoms. The van der Waals surface area contributed by atoms with E-state index in [1.165, 1.54) is 0 Å². The van der Waals surface area contributed by atoms with Gasteiger partial charge in [0.2, 0.25) is 0 Å². The molecule has 0 atom stereocenters. The fourth-order valence-electron chi connectivity index (χ4n) is 1.47. The van der Waals surface area contributed by atoms with Gasteiger partial charge in [-0.25, -0.2) is 15.0 Å². The molecule has 1 N–H and O–H groups in total. The van der Waals surface area contributed by atoms with Crippen LogP contribution < -0.4 is 5.32 Å². The number of hydrogen-bond donors (Lipinski definition) is 1. The van der Waals surface area contributed by atoms with Crippen LogP contribution in [0.25, 0.3) is 11.5 Å². The summed E-state index contributed by atoms with van der Waals surface area (Å²) in [5.41, 5.74) is 4.87. The minimum Gasteiger partial charge on any atom is -0.308 e. The molecule has 0 aliphatic carbocycles. The van der Waals surface area contributed by atoms with Gasteiger partial charge in [-0.2, -0.15) is 0 Å². The lowest BCUT2D eigenvalue weighted by Gasteiger charge is -2.20. The number of aromatic nitrogens is 3. The van der Waals surface area contributed by atoms with Gasteiger partial charge in [-0.15, -0.1) is 11.3 Å². The van der Waals surface area contributed by atoms with Crippen molar-refractivity contribution in [1.29, 1.82) is 0 Å². The van der Waals surface area contributed by atoms with Crippen molar-refractivity contribution in [2.24, 2.45) is 0 Å². The van der Waals surface area contributed by atoms with Gasteiger partial charge >= 0.3 is 0 Å². The molecule has 0 bridgehead atoms. The highest BCUT2D eigenvalue weighted by molar-refractivity contribution is 7.07. The van der Waals surface area contributed by atoms with Crippen LogP contribution in [0.3, 0.4) is 0 Å². The van der Waals surface area contributed by atoms with Crippen LogP contribution in [0.5, 0.6) is 0 Å². The number of thiazole rings is 1. The van der Waals surface area contributed by atoms with Gasteiger partial charge in [0, 0.05) is 34.9 Å². The molecular formula is C13H18N4S. The lowest BCUT2D eigenvalue weighted by molar-refractivity contribution is 0.423. The first-order valence-electron chi connectivity index (χ1n) is 5.92. The Bertz CT molecular complexity index is 514. The molecule has 96 valence electrons. The molecule has 0 aliphatic rings. The summed E-state index contributed by atoms with van der Waals surface area (Å²) in [7, 11) is 0. The summed E-state index contributed by atoms with van der Waals surface area (Å²) >= 11 is 1.55. The molecule has 2 rings (SSSR count). The minimum absolute atomic E-state index is 0.0972. The van der Waals surface area contributed by atoms with E-state index in [9.17, 15) is 0 Å². The van der Waals surface area contributed by atoms with E-state index in [0.29, 0.717) is 5.82 Å². The zero-order chi connectivity index (χ0) is 13.2. The molecule has 0 fully saturated rings. The number of aryl methyl sites for hydroxylation is 1. The van der Waals surface area contributed by atoms with Gasteiger partial charge in [0.1, 0.15) is 5.69 Å². The maximum atomic E-state index is 4.51. The van der Waals surface area contributed by atoms with E-state index in [-0.39, 0.29) is 5.54 Å². The van der Waals surface area contributed by atoms with Crippen LogP contribution in [0.4, 0.5) is 0 Å². The summed E-state index contributed by atoms with van der Waals surface area (Å²) in [4.78, 5) is 13.1. The van der Waals surface area contributed by atoms with Crippen molar-refractivity contribution < 1.29 is 0 Å². The first kappa shape index (κ1) is 13.1. The molecule has 0 radical (unpaired) electrons. The van der Waals surface area contributed by atoms with Crippen LogP contribution in [0.2, 0.25) is 0 Å². The Morgan fingerprint density at radius 3 is 2.61 bits per heavy atom. The quantitative estimate of drug-likeness (QED) is 0.924. The molecule has 0 aromatic carbocycles. The SMILES string of the molecule is Cc1nc(-c2cscn2)ncc1CNC(C)(C)C. The first-order valence-corrected chi connectivity index (χ1v) is 6.86. The van der Waals surface area contributed by atoms with Crippen LogP contribution in [0.1, 0.15) is 32.0 Å². The summed E-state index contributed by atoms with van der Waals surface area (Å²) in [6.45, 7) is 9.23. The molecule has 2 heterocycles. The third kappa shape index (κ3) is 3.34. The van der Waals surface area contributed by atoms with Crippen LogP contribution in [0, 0.1) is 6.92 Å². The predicted octanol–water partition coefficient (Wildman–Crippen LogP) is 2.80.